The highest BCUT2D eigenvalue weighted by molar-refractivity contribution is 5.98. The lowest BCUT2D eigenvalue weighted by Crippen LogP contribution is -2.13. The second-order valence-electron chi connectivity index (χ2n) is 2.66. The smallest absolute Gasteiger partial charge is 0.250 e. The Balaban J connectivity index is 3.21. The number of carbonyl (C=O) groups excluding carboxylic acids is 1. The van der Waals surface area contributed by atoms with Gasteiger partial charge < -0.3 is 11.1 Å². The van der Waals surface area contributed by atoms with Crippen molar-refractivity contribution in [2.45, 2.75) is 6.92 Å². The van der Waals surface area contributed by atoms with Gasteiger partial charge in [0.05, 0.1) is 5.56 Å². The molecule has 64 valence electrons. The summed E-state index contributed by atoms with van der Waals surface area (Å²) in [6.07, 6.45) is 0. The van der Waals surface area contributed by atoms with E-state index in [4.69, 9.17) is 5.73 Å². The van der Waals surface area contributed by atoms with E-state index in [0.29, 0.717) is 5.56 Å². The van der Waals surface area contributed by atoms with Crippen LogP contribution in [0.4, 0.5) is 5.69 Å². The number of aryl methyl sites for hydroxylation is 1. The van der Waals surface area contributed by atoms with Crippen molar-refractivity contribution in [3.63, 3.8) is 0 Å². The summed E-state index contributed by atoms with van der Waals surface area (Å²) in [6.45, 7) is 1.92. The molecule has 0 fully saturated rings. The van der Waals surface area contributed by atoms with Crippen LogP contribution in [-0.4, -0.2) is 13.0 Å². The van der Waals surface area contributed by atoms with Crippen LogP contribution < -0.4 is 11.1 Å². The topological polar surface area (TPSA) is 55.1 Å². The molecule has 0 aliphatic carbocycles. The van der Waals surface area contributed by atoms with Crippen molar-refractivity contribution >= 4 is 11.6 Å². The van der Waals surface area contributed by atoms with Crippen LogP contribution in [0.15, 0.2) is 18.2 Å². The van der Waals surface area contributed by atoms with Gasteiger partial charge in [-0.25, -0.2) is 0 Å². The van der Waals surface area contributed by atoms with Crippen molar-refractivity contribution in [3.8, 4) is 0 Å². The predicted octanol–water partition coefficient (Wildman–Crippen LogP) is 1.14. The third-order valence-corrected chi connectivity index (χ3v) is 1.71. The molecule has 0 bridgehead atoms. The van der Waals surface area contributed by atoms with Crippen molar-refractivity contribution in [2.75, 3.05) is 12.4 Å². The standard InChI is InChI=1S/C9H12N2O/c1-6-3-4-8(11-2)7(5-6)9(10)12/h3-5,11H,1-2H3,(H2,10,12). The number of carbonyl (C=O) groups is 1. The maximum absolute atomic E-state index is 10.9. The molecular weight excluding hydrogens is 152 g/mol. The van der Waals surface area contributed by atoms with E-state index in [1.807, 2.05) is 19.1 Å². The monoisotopic (exact) mass is 164 g/mol. The highest BCUT2D eigenvalue weighted by Gasteiger charge is 2.05. The minimum Gasteiger partial charge on any atom is -0.387 e. The largest absolute Gasteiger partial charge is 0.387 e. The molecule has 0 spiro atoms. The summed E-state index contributed by atoms with van der Waals surface area (Å²) >= 11 is 0. The van der Waals surface area contributed by atoms with Crippen molar-refractivity contribution in [1.82, 2.24) is 0 Å². The number of benzene rings is 1. The highest BCUT2D eigenvalue weighted by atomic mass is 16.1. The molecule has 0 unspecified atom stereocenters. The first-order valence-electron chi connectivity index (χ1n) is 3.73. The van der Waals surface area contributed by atoms with Gasteiger partial charge in [-0.15, -0.1) is 0 Å². The van der Waals surface area contributed by atoms with Crippen LogP contribution in [0, 0.1) is 6.92 Å². The summed E-state index contributed by atoms with van der Waals surface area (Å²) in [5, 5.41) is 2.90. The lowest BCUT2D eigenvalue weighted by molar-refractivity contribution is 0.100. The number of rotatable bonds is 2. The number of nitrogens with two attached hydrogens (primary N) is 1. The first-order valence-corrected chi connectivity index (χ1v) is 3.73. The predicted molar refractivity (Wildman–Crippen MR) is 49.2 cm³/mol. The first kappa shape index (κ1) is 8.59. The Kier molecular flexibility index (Phi) is 2.33. The Labute approximate surface area is 71.6 Å². The lowest BCUT2D eigenvalue weighted by Gasteiger charge is -2.05. The minimum atomic E-state index is -0.400. The molecule has 3 N–H and O–H groups in total. The molecule has 3 nitrogen and oxygen atoms in total. The summed E-state index contributed by atoms with van der Waals surface area (Å²) in [4.78, 5) is 10.9. The van der Waals surface area contributed by atoms with E-state index in [2.05, 4.69) is 5.32 Å². The van der Waals surface area contributed by atoms with Crippen LogP contribution in [0.25, 0.3) is 0 Å². The zero-order valence-electron chi connectivity index (χ0n) is 7.22. The van der Waals surface area contributed by atoms with Crippen LogP contribution >= 0.6 is 0 Å². The summed E-state index contributed by atoms with van der Waals surface area (Å²) in [6, 6.07) is 5.54. The molecule has 0 saturated heterocycles. The molecule has 0 aliphatic rings. The van der Waals surface area contributed by atoms with Gasteiger partial charge in [0.25, 0.3) is 5.91 Å². The minimum absolute atomic E-state index is 0.400. The van der Waals surface area contributed by atoms with Crippen molar-refractivity contribution in [2.24, 2.45) is 5.73 Å². The van der Waals surface area contributed by atoms with E-state index in [1.165, 1.54) is 0 Å². The van der Waals surface area contributed by atoms with Gasteiger partial charge in [-0.2, -0.15) is 0 Å². The SMILES string of the molecule is CNc1ccc(C)cc1C(N)=O. The molecule has 0 saturated carbocycles. The Morgan fingerprint density at radius 1 is 1.50 bits per heavy atom. The summed E-state index contributed by atoms with van der Waals surface area (Å²) in [5.74, 6) is -0.400. The van der Waals surface area contributed by atoms with Gasteiger partial charge in [-0.1, -0.05) is 11.6 Å². The molecule has 1 aromatic rings. The fraction of sp³-hybridized carbons (Fsp3) is 0.222. The average molecular weight is 164 g/mol. The van der Waals surface area contributed by atoms with Gasteiger partial charge in [0, 0.05) is 12.7 Å². The molecule has 1 rings (SSSR count). The number of hydrogen-bond acceptors (Lipinski definition) is 2. The van der Waals surface area contributed by atoms with Crippen LogP contribution in [0.5, 0.6) is 0 Å². The van der Waals surface area contributed by atoms with Gasteiger partial charge in [0.15, 0.2) is 0 Å². The zero-order chi connectivity index (χ0) is 9.14. The van der Waals surface area contributed by atoms with Gasteiger partial charge in [-0.05, 0) is 19.1 Å². The number of hydrogen-bond donors (Lipinski definition) is 2. The zero-order valence-corrected chi connectivity index (χ0v) is 7.22. The molecule has 0 heterocycles. The third-order valence-electron chi connectivity index (χ3n) is 1.71. The summed E-state index contributed by atoms with van der Waals surface area (Å²) in [5.41, 5.74) is 7.52. The number of primary amides is 1. The molecular formula is C9H12N2O. The van der Waals surface area contributed by atoms with Crippen LogP contribution in [-0.2, 0) is 0 Å². The Bertz CT molecular complexity index is 307. The van der Waals surface area contributed by atoms with E-state index in [0.717, 1.165) is 11.3 Å². The van der Waals surface area contributed by atoms with E-state index in [1.54, 1.807) is 13.1 Å². The maximum Gasteiger partial charge on any atom is 0.250 e. The summed E-state index contributed by atoms with van der Waals surface area (Å²) < 4.78 is 0. The lowest BCUT2D eigenvalue weighted by atomic mass is 10.1. The number of amides is 1. The second-order valence-corrected chi connectivity index (χ2v) is 2.66. The molecule has 1 aromatic carbocycles. The van der Waals surface area contributed by atoms with Crippen LogP contribution in [0.3, 0.4) is 0 Å². The van der Waals surface area contributed by atoms with Gasteiger partial charge in [-0.3, -0.25) is 4.79 Å². The van der Waals surface area contributed by atoms with Crippen molar-refractivity contribution in [3.05, 3.63) is 29.3 Å². The molecule has 3 heteroatoms. The van der Waals surface area contributed by atoms with E-state index < -0.39 is 5.91 Å². The molecule has 0 aromatic heterocycles. The third kappa shape index (κ3) is 1.56. The van der Waals surface area contributed by atoms with Gasteiger partial charge in [0.2, 0.25) is 0 Å². The van der Waals surface area contributed by atoms with Crippen LogP contribution in [0.2, 0.25) is 0 Å². The number of anilines is 1. The van der Waals surface area contributed by atoms with E-state index in [9.17, 15) is 4.79 Å². The quantitative estimate of drug-likeness (QED) is 0.688. The Hall–Kier alpha value is -1.51. The maximum atomic E-state index is 10.9. The average Bonchev–Trinajstić information content (AvgIpc) is 2.04. The Morgan fingerprint density at radius 2 is 2.17 bits per heavy atom. The molecule has 12 heavy (non-hydrogen) atoms. The fourth-order valence-electron chi connectivity index (χ4n) is 1.08. The summed E-state index contributed by atoms with van der Waals surface area (Å²) in [7, 11) is 1.76. The van der Waals surface area contributed by atoms with E-state index in [-0.39, 0.29) is 0 Å². The van der Waals surface area contributed by atoms with Crippen molar-refractivity contribution < 1.29 is 4.79 Å². The molecule has 0 radical (unpaired) electrons. The number of nitrogens with one attached hydrogen (secondary N) is 1. The molecule has 1 amide bonds. The van der Waals surface area contributed by atoms with Gasteiger partial charge in [0.1, 0.15) is 0 Å². The fourth-order valence-corrected chi connectivity index (χ4v) is 1.08. The Morgan fingerprint density at radius 3 is 2.67 bits per heavy atom. The van der Waals surface area contributed by atoms with E-state index >= 15 is 0 Å². The molecule has 0 atom stereocenters. The van der Waals surface area contributed by atoms with Crippen LogP contribution in [0.1, 0.15) is 15.9 Å². The highest BCUT2D eigenvalue weighted by Crippen LogP contribution is 2.15. The normalized spacial score (nSPS) is 9.50. The second kappa shape index (κ2) is 3.26. The van der Waals surface area contributed by atoms with Crippen molar-refractivity contribution in [1.29, 1.82) is 0 Å². The van der Waals surface area contributed by atoms with Gasteiger partial charge >= 0.3 is 0 Å². The molecule has 0 aliphatic heterocycles. The first-order chi connectivity index (χ1) is 5.65.